The predicted molar refractivity (Wildman–Crippen MR) is 90.2 cm³/mol. The molecular formula is C17H19N3O2S. The van der Waals surface area contributed by atoms with Crippen LogP contribution in [0, 0.1) is 12.8 Å². The van der Waals surface area contributed by atoms with E-state index in [1.54, 1.807) is 29.5 Å². The minimum atomic E-state index is -0.265. The summed E-state index contributed by atoms with van der Waals surface area (Å²) in [5.41, 5.74) is 1.04. The van der Waals surface area contributed by atoms with Crippen molar-refractivity contribution in [2.45, 2.75) is 25.8 Å². The van der Waals surface area contributed by atoms with Crippen LogP contribution in [-0.2, 0) is 9.59 Å². The van der Waals surface area contributed by atoms with Crippen molar-refractivity contribution >= 4 is 29.0 Å². The third kappa shape index (κ3) is 3.27. The standard InChI is InChI=1S/C17H19N3O2S/c1-11-7-8-18-14(10-11)19-17(22)12-5-6-15(21)20(2)16(12)13-4-3-9-23-13/h3-4,7-10,12,16H,5-6H2,1-2H3,(H,18,19,22)/t12-,16+/m0/s1. The van der Waals surface area contributed by atoms with Crippen molar-refractivity contribution in [3.05, 3.63) is 46.3 Å². The van der Waals surface area contributed by atoms with Crippen LogP contribution in [-0.4, -0.2) is 28.7 Å². The topological polar surface area (TPSA) is 62.3 Å². The zero-order valence-electron chi connectivity index (χ0n) is 13.2. The molecule has 2 aromatic heterocycles. The number of hydrogen-bond donors (Lipinski definition) is 1. The number of aromatic nitrogens is 1. The fraction of sp³-hybridized carbons (Fsp3) is 0.353. The number of likely N-dealkylation sites (tertiary alicyclic amines) is 1. The van der Waals surface area contributed by atoms with Crippen molar-refractivity contribution in [3.8, 4) is 0 Å². The van der Waals surface area contributed by atoms with Crippen molar-refractivity contribution in [1.29, 1.82) is 0 Å². The van der Waals surface area contributed by atoms with Gasteiger partial charge in [0, 0.05) is 24.5 Å². The van der Waals surface area contributed by atoms with Crippen LogP contribution < -0.4 is 5.32 Å². The summed E-state index contributed by atoms with van der Waals surface area (Å²) in [7, 11) is 1.77. The Labute approximate surface area is 139 Å². The fourth-order valence-electron chi connectivity index (χ4n) is 2.98. The molecule has 0 saturated carbocycles. The number of carbonyl (C=O) groups is 2. The molecule has 3 rings (SSSR count). The van der Waals surface area contributed by atoms with Gasteiger partial charge in [-0.25, -0.2) is 4.98 Å². The molecule has 0 radical (unpaired) electrons. The molecule has 1 aliphatic rings. The van der Waals surface area contributed by atoms with E-state index in [2.05, 4.69) is 10.3 Å². The van der Waals surface area contributed by atoms with Crippen molar-refractivity contribution in [2.75, 3.05) is 12.4 Å². The number of hydrogen-bond acceptors (Lipinski definition) is 4. The van der Waals surface area contributed by atoms with E-state index in [4.69, 9.17) is 0 Å². The minimum Gasteiger partial charge on any atom is -0.337 e. The van der Waals surface area contributed by atoms with Crippen LogP contribution in [0.25, 0.3) is 0 Å². The molecule has 5 nitrogen and oxygen atoms in total. The third-order valence-electron chi connectivity index (χ3n) is 4.20. The monoisotopic (exact) mass is 329 g/mol. The second kappa shape index (κ2) is 6.50. The highest BCUT2D eigenvalue weighted by Gasteiger charge is 2.39. The van der Waals surface area contributed by atoms with E-state index in [1.165, 1.54) is 0 Å². The molecule has 120 valence electrons. The van der Waals surface area contributed by atoms with Crippen molar-refractivity contribution in [1.82, 2.24) is 9.88 Å². The molecular weight excluding hydrogens is 310 g/mol. The Hall–Kier alpha value is -2.21. The summed E-state index contributed by atoms with van der Waals surface area (Å²) in [6.07, 6.45) is 2.64. The molecule has 3 heterocycles. The molecule has 2 amide bonds. The molecule has 0 bridgehead atoms. The average molecular weight is 329 g/mol. The number of piperidine rings is 1. The average Bonchev–Trinajstić information content (AvgIpc) is 3.03. The molecule has 2 atom stereocenters. The lowest BCUT2D eigenvalue weighted by atomic mass is 9.87. The maximum atomic E-state index is 12.8. The molecule has 6 heteroatoms. The van der Waals surface area contributed by atoms with E-state index in [-0.39, 0.29) is 23.8 Å². The van der Waals surface area contributed by atoms with Gasteiger partial charge in [0.05, 0.1) is 12.0 Å². The molecule has 0 spiro atoms. The van der Waals surface area contributed by atoms with Crippen molar-refractivity contribution in [2.24, 2.45) is 5.92 Å². The van der Waals surface area contributed by atoms with E-state index in [0.717, 1.165) is 10.4 Å². The molecule has 0 aliphatic carbocycles. The number of carbonyl (C=O) groups excluding carboxylic acids is 2. The first kappa shape index (κ1) is 15.7. The molecule has 0 aromatic carbocycles. The van der Waals surface area contributed by atoms with Gasteiger partial charge in [0.15, 0.2) is 0 Å². The van der Waals surface area contributed by atoms with Crippen LogP contribution in [0.4, 0.5) is 5.82 Å². The minimum absolute atomic E-state index is 0.0825. The van der Waals surface area contributed by atoms with Gasteiger partial charge >= 0.3 is 0 Å². The maximum Gasteiger partial charge on any atom is 0.231 e. The summed E-state index contributed by atoms with van der Waals surface area (Å²) >= 11 is 1.58. The van der Waals surface area contributed by atoms with Crippen LogP contribution in [0.2, 0.25) is 0 Å². The van der Waals surface area contributed by atoms with Crippen LogP contribution in [0.1, 0.15) is 29.3 Å². The van der Waals surface area contributed by atoms with Crippen LogP contribution in [0.3, 0.4) is 0 Å². The number of aryl methyl sites for hydroxylation is 1. The number of rotatable bonds is 3. The molecule has 23 heavy (non-hydrogen) atoms. The number of thiophene rings is 1. The zero-order valence-corrected chi connectivity index (χ0v) is 14.0. The highest BCUT2D eigenvalue weighted by atomic mass is 32.1. The number of nitrogens with zero attached hydrogens (tertiary/aromatic N) is 2. The largest absolute Gasteiger partial charge is 0.337 e. The Morgan fingerprint density at radius 3 is 2.96 bits per heavy atom. The van der Waals surface area contributed by atoms with E-state index in [1.807, 2.05) is 36.6 Å². The highest BCUT2D eigenvalue weighted by Crippen LogP contribution is 2.38. The molecule has 0 unspecified atom stereocenters. The number of pyridine rings is 1. The number of nitrogens with one attached hydrogen (secondary N) is 1. The summed E-state index contributed by atoms with van der Waals surface area (Å²) in [6.45, 7) is 1.96. The SMILES string of the molecule is Cc1ccnc(NC(=O)[C@H]2CCC(=O)N(C)[C@H]2c2cccs2)c1. The molecule has 1 saturated heterocycles. The van der Waals surface area contributed by atoms with E-state index in [0.29, 0.717) is 18.7 Å². The van der Waals surface area contributed by atoms with Gasteiger partial charge in [0.1, 0.15) is 5.82 Å². The molecule has 1 aliphatic heterocycles. The lowest BCUT2D eigenvalue weighted by Gasteiger charge is -2.37. The first-order valence-electron chi connectivity index (χ1n) is 7.59. The van der Waals surface area contributed by atoms with Gasteiger partial charge in [0.25, 0.3) is 0 Å². The van der Waals surface area contributed by atoms with E-state index < -0.39 is 0 Å². The van der Waals surface area contributed by atoms with Crippen molar-refractivity contribution < 1.29 is 9.59 Å². The molecule has 1 N–H and O–H groups in total. The maximum absolute atomic E-state index is 12.8. The first-order valence-corrected chi connectivity index (χ1v) is 8.47. The van der Waals surface area contributed by atoms with Gasteiger partial charge in [-0.2, -0.15) is 0 Å². The highest BCUT2D eigenvalue weighted by molar-refractivity contribution is 7.10. The Balaban J connectivity index is 1.84. The lowest BCUT2D eigenvalue weighted by Crippen LogP contribution is -2.44. The van der Waals surface area contributed by atoms with Gasteiger partial charge in [-0.3, -0.25) is 9.59 Å². The Morgan fingerprint density at radius 1 is 1.43 bits per heavy atom. The summed E-state index contributed by atoms with van der Waals surface area (Å²) in [6, 6.07) is 7.45. The zero-order chi connectivity index (χ0) is 16.4. The lowest BCUT2D eigenvalue weighted by molar-refractivity contribution is -0.140. The number of anilines is 1. The normalized spacial score (nSPS) is 21.3. The smallest absolute Gasteiger partial charge is 0.231 e. The summed E-state index contributed by atoms with van der Waals surface area (Å²) < 4.78 is 0. The van der Waals surface area contributed by atoms with Crippen LogP contribution >= 0.6 is 11.3 Å². The Kier molecular flexibility index (Phi) is 4.43. The first-order chi connectivity index (χ1) is 11.1. The summed E-state index contributed by atoms with van der Waals surface area (Å²) in [4.78, 5) is 31.7. The second-order valence-electron chi connectivity index (χ2n) is 5.82. The van der Waals surface area contributed by atoms with Crippen LogP contribution in [0.5, 0.6) is 0 Å². The van der Waals surface area contributed by atoms with Gasteiger partial charge in [-0.1, -0.05) is 6.07 Å². The number of amides is 2. The van der Waals surface area contributed by atoms with Gasteiger partial charge in [-0.15, -0.1) is 11.3 Å². The van der Waals surface area contributed by atoms with Crippen LogP contribution in [0.15, 0.2) is 35.8 Å². The van der Waals surface area contributed by atoms with Gasteiger partial charge in [-0.05, 0) is 42.5 Å². The molecule has 2 aromatic rings. The Bertz CT molecular complexity index is 714. The van der Waals surface area contributed by atoms with Crippen molar-refractivity contribution in [3.63, 3.8) is 0 Å². The second-order valence-corrected chi connectivity index (χ2v) is 6.80. The quantitative estimate of drug-likeness (QED) is 0.941. The van der Waals surface area contributed by atoms with Gasteiger partial charge in [0.2, 0.25) is 11.8 Å². The summed E-state index contributed by atoms with van der Waals surface area (Å²) in [5, 5.41) is 4.87. The van der Waals surface area contributed by atoms with E-state index in [9.17, 15) is 9.59 Å². The third-order valence-corrected chi connectivity index (χ3v) is 5.14. The van der Waals surface area contributed by atoms with E-state index >= 15 is 0 Å². The summed E-state index contributed by atoms with van der Waals surface area (Å²) in [5.74, 6) is 0.292. The Morgan fingerprint density at radius 2 is 2.26 bits per heavy atom. The predicted octanol–water partition coefficient (Wildman–Crippen LogP) is 3.00. The fourth-order valence-corrected chi connectivity index (χ4v) is 3.92. The molecule has 1 fully saturated rings. The van der Waals surface area contributed by atoms with Gasteiger partial charge < -0.3 is 10.2 Å².